The summed E-state index contributed by atoms with van der Waals surface area (Å²) in [6, 6.07) is 13.7. The van der Waals surface area contributed by atoms with Gasteiger partial charge in [-0.3, -0.25) is 9.10 Å². The summed E-state index contributed by atoms with van der Waals surface area (Å²) < 4.78 is 30.9. The van der Waals surface area contributed by atoms with Gasteiger partial charge in [0, 0.05) is 18.7 Å². The van der Waals surface area contributed by atoms with Crippen molar-refractivity contribution in [3.63, 3.8) is 0 Å². The van der Waals surface area contributed by atoms with Crippen LogP contribution in [-0.4, -0.2) is 39.7 Å². The molecule has 0 heterocycles. The highest BCUT2D eigenvalue weighted by molar-refractivity contribution is 7.92. The summed E-state index contributed by atoms with van der Waals surface area (Å²) in [4.78, 5) is 24.2. The molecule has 0 saturated carbocycles. The van der Waals surface area contributed by atoms with E-state index < -0.39 is 10.0 Å². The second kappa shape index (κ2) is 11.5. The number of nitrogens with zero attached hydrogens (tertiary/aromatic N) is 1. The predicted molar refractivity (Wildman–Crippen MR) is 123 cm³/mol. The third-order valence-electron chi connectivity index (χ3n) is 4.68. The van der Waals surface area contributed by atoms with Crippen LogP contribution < -0.4 is 9.62 Å². The maximum Gasteiger partial charge on any atom is 0.338 e. The Morgan fingerprint density at radius 1 is 1.03 bits per heavy atom. The van der Waals surface area contributed by atoms with E-state index in [1.165, 1.54) is 4.31 Å². The monoisotopic (exact) mass is 446 g/mol. The molecule has 0 spiro atoms. The largest absolute Gasteiger partial charge is 0.462 e. The van der Waals surface area contributed by atoms with Crippen LogP contribution in [0.4, 0.5) is 11.4 Å². The van der Waals surface area contributed by atoms with Gasteiger partial charge in [-0.1, -0.05) is 31.5 Å². The van der Waals surface area contributed by atoms with Gasteiger partial charge in [0.25, 0.3) is 0 Å². The van der Waals surface area contributed by atoms with Gasteiger partial charge in [-0.25, -0.2) is 13.2 Å². The van der Waals surface area contributed by atoms with Crippen LogP contribution in [0.5, 0.6) is 0 Å². The molecule has 0 aliphatic rings. The van der Waals surface area contributed by atoms with E-state index in [1.807, 2.05) is 26.0 Å². The lowest BCUT2D eigenvalue weighted by molar-refractivity contribution is -0.116. The predicted octanol–water partition coefficient (Wildman–Crippen LogP) is 4.14. The second-order valence-corrected chi connectivity index (χ2v) is 9.25. The van der Waals surface area contributed by atoms with Crippen molar-refractivity contribution in [3.05, 3.63) is 59.7 Å². The number of esters is 1. The Morgan fingerprint density at radius 2 is 1.71 bits per heavy atom. The van der Waals surface area contributed by atoms with Crippen LogP contribution in [0.1, 0.15) is 48.5 Å². The molecule has 168 valence electrons. The summed E-state index contributed by atoms with van der Waals surface area (Å²) in [5.74, 6) is -0.611. The fourth-order valence-electron chi connectivity index (χ4n) is 3.00. The molecule has 0 saturated heterocycles. The van der Waals surface area contributed by atoms with Crippen molar-refractivity contribution in [3.8, 4) is 0 Å². The first-order chi connectivity index (χ1) is 14.7. The average Bonchev–Trinajstić information content (AvgIpc) is 2.72. The summed E-state index contributed by atoms with van der Waals surface area (Å²) in [5, 5.41) is 2.76. The van der Waals surface area contributed by atoms with E-state index in [4.69, 9.17) is 4.74 Å². The number of hydrogen-bond acceptors (Lipinski definition) is 5. The van der Waals surface area contributed by atoms with Crippen LogP contribution >= 0.6 is 0 Å². The fourth-order valence-corrected chi connectivity index (χ4v) is 4.02. The zero-order valence-corrected chi connectivity index (χ0v) is 19.1. The zero-order valence-electron chi connectivity index (χ0n) is 18.3. The molecule has 0 unspecified atom stereocenters. The van der Waals surface area contributed by atoms with Crippen LogP contribution in [0.25, 0.3) is 0 Å². The van der Waals surface area contributed by atoms with Crippen molar-refractivity contribution in [2.24, 2.45) is 0 Å². The first-order valence-electron chi connectivity index (χ1n) is 10.3. The van der Waals surface area contributed by atoms with Gasteiger partial charge >= 0.3 is 5.97 Å². The molecule has 31 heavy (non-hydrogen) atoms. The molecule has 1 N–H and O–H groups in total. The van der Waals surface area contributed by atoms with Gasteiger partial charge in [0.05, 0.1) is 24.1 Å². The molecule has 2 aromatic rings. The molecule has 0 bridgehead atoms. The Morgan fingerprint density at radius 3 is 2.32 bits per heavy atom. The van der Waals surface area contributed by atoms with E-state index in [2.05, 4.69) is 5.32 Å². The Balaban J connectivity index is 1.88. The van der Waals surface area contributed by atoms with Crippen molar-refractivity contribution in [2.75, 3.05) is 29.0 Å². The van der Waals surface area contributed by atoms with E-state index >= 15 is 0 Å². The first kappa shape index (κ1) is 24.4. The number of carbonyl (C=O) groups excluding carboxylic acids is 2. The number of hydrogen-bond donors (Lipinski definition) is 1. The lowest BCUT2D eigenvalue weighted by Gasteiger charge is -2.24. The third kappa shape index (κ3) is 7.71. The maximum absolute atomic E-state index is 12.3. The normalized spacial score (nSPS) is 11.1. The van der Waals surface area contributed by atoms with E-state index in [0.717, 1.165) is 24.7 Å². The van der Waals surface area contributed by atoms with Crippen molar-refractivity contribution in [1.29, 1.82) is 0 Å². The standard InChI is InChI=1S/C23H30N2O5S/c1-4-5-17-30-23(27)19-12-14-20(15-13-19)24-22(26)11-8-16-25(31(3,28)29)21-10-7-6-9-18(21)2/h6-7,9-10,12-15H,4-5,8,11,16-17H2,1-3H3,(H,24,26). The van der Waals surface area contributed by atoms with Gasteiger partial charge in [0.2, 0.25) is 15.9 Å². The summed E-state index contributed by atoms with van der Waals surface area (Å²) in [6.45, 7) is 4.47. The minimum Gasteiger partial charge on any atom is -0.462 e. The molecule has 2 rings (SSSR count). The van der Waals surface area contributed by atoms with Crippen molar-refractivity contribution in [1.82, 2.24) is 0 Å². The topological polar surface area (TPSA) is 92.8 Å². The quantitative estimate of drug-likeness (QED) is 0.414. The van der Waals surface area contributed by atoms with Crippen molar-refractivity contribution in [2.45, 2.75) is 39.5 Å². The van der Waals surface area contributed by atoms with Crippen LogP contribution in [0.15, 0.2) is 48.5 Å². The fraction of sp³-hybridized carbons (Fsp3) is 0.391. The molecule has 0 fully saturated rings. The highest BCUT2D eigenvalue weighted by Crippen LogP contribution is 2.22. The number of aryl methyl sites for hydroxylation is 1. The molecular formula is C23H30N2O5S. The van der Waals surface area contributed by atoms with Crippen LogP contribution in [0, 0.1) is 6.92 Å². The molecule has 1 amide bonds. The van der Waals surface area contributed by atoms with E-state index in [-0.39, 0.29) is 24.8 Å². The van der Waals surface area contributed by atoms with Crippen molar-refractivity contribution < 1.29 is 22.7 Å². The minimum atomic E-state index is -3.46. The van der Waals surface area contributed by atoms with E-state index in [9.17, 15) is 18.0 Å². The molecule has 0 aliphatic heterocycles. The van der Waals surface area contributed by atoms with Crippen LogP contribution in [-0.2, 0) is 19.6 Å². The first-order valence-corrected chi connectivity index (χ1v) is 12.2. The minimum absolute atomic E-state index is 0.165. The van der Waals surface area contributed by atoms with E-state index in [0.29, 0.717) is 30.0 Å². The Hall–Kier alpha value is -2.87. The molecule has 0 atom stereocenters. The summed E-state index contributed by atoms with van der Waals surface area (Å²) >= 11 is 0. The number of amides is 1. The van der Waals surface area contributed by atoms with Crippen LogP contribution in [0.3, 0.4) is 0 Å². The lowest BCUT2D eigenvalue weighted by Crippen LogP contribution is -2.32. The summed E-state index contributed by atoms with van der Waals surface area (Å²) in [6.07, 6.45) is 3.47. The van der Waals surface area contributed by atoms with Crippen molar-refractivity contribution >= 4 is 33.3 Å². The summed E-state index contributed by atoms with van der Waals surface area (Å²) in [5.41, 5.74) is 2.46. The Labute approximate surface area is 184 Å². The average molecular weight is 447 g/mol. The molecule has 7 nitrogen and oxygen atoms in total. The maximum atomic E-state index is 12.3. The molecule has 0 aromatic heterocycles. The third-order valence-corrected chi connectivity index (χ3v) is 5.86. The molecule has 0 aliphatic carbocycles. The zero-order chi connectivity index (χ0) is 22.9. The number of unbranched alkanes of at least 4 members (excludes halogenated alkanes) is 1. The van der Waals surface area contributed by atoms with Gasteiger partial charge < -0.3 is 10.1 Å². The van der Waals surface area contributed by atoms with E-state index in [1.54, 1.807) is 36.4 Å². The van der Waals surface area contributed by atoms with Crippen LogP contribution in [0.2, 0.25) is 0 Å². The number of carbonyl (C=O) groups is 2. The van der Waals surface area contributed by atoms with Gasteiger partial charge in [-0.15, -0.1) is 0 Å². The summed E-state index contributed by atoms with van der Waals surface area (Å²) in [7, 11) is -3.46. The number of ether oxygens (including phenoxy) is 1. The molecule has 0 radical (unpaired) electrons. The number of para-hydroxylation sites is 1. The molecule has 8 heteroatoms. The Bertz CT molecular complexity index is 987. The second-order valence-electron chi connectivity index (χ2n) is 7.34. The number of anilines is 2. The number of sulfonamides is 1. The SMILES string of the molecule is CCCCOC(=O)c1ccc(NC(=O)CCCN(c2ccccc2C)S(C)(=O)=O)cc1. The van der Waals surface area contributed by atoms with Gasteiger partial charge in [-0.2, -0.15) is 0 Å². The number of benzene rings is 2. The smallest absolute Gasteiger partial charge is 0.338 e. The number of rotatable bonds is 11. The molecular weight excluding hydrogens is 416 g/mol. The Kier molecular flexibility index (Phi) is 9.05. The highest BCUT2D eigenvalue weighted by atomic mass is 32.2. The number of nitrogens with one attached hydrogen (secondary N) is 1. The highest BCUT2D eigenvalue weighted by Gasteiger charge is 2.19. The molecule has 2 aromatic carbocycles. The van der Waals surface area contributed by atoms with Gasteiger partial charge in [0.1, 0.15) is 0 Å². The van der Waals surface area contributed by atoms with Gasteiger partial charge in [0.15, 0.2) is 0 Å². The lowest BCUT2D eigenvalue weighted by atomic mass is 10.2. The van der Waals surface area contributed by atoms with Gasteiger partial charge in [-0.05, 0) is 55.7 Å².